The smallest absolute Gasteiger partial charge is 0.189 e. The molecule has 2 aromatic carbocycles. The van der Waals surface area contributed by atoms with Gasteiger partial charge in [0.1, 0.15) is 11.5 Å². The van der Waals surface area contributed by atoms with E-state index in [1.807, 2.05) is 42.8 Å². The Kier molecular flexibility index (Phi) is 5.94. The number of hydrogen-bond acceptors (Lipinski definition) is 4. The standard InChI is InChI=1S/C23H24N2O3/c1-16-20(17(2)25(24-16)15-18-8-6-5-7-9-18)11-12-22(26)21-14-19(27-3)10-13-23(21)28-4/h5-14H,15H2,1-4H3/b12-11+. The first-order valence-electron chi connectivity index (χ1n) is 9.06. The van der Waals surface area contributed by atoms with Crippen molar-refractivity contribution in [2.24, 2.45) is 0 Å². The van der Waals surface area contributed by atoms with Crippen molar-refractivity contribution in [3.63, 3.8) is 0 Å². The maximum Gasteiger partial charge on any atom is 0.189 e. The van der Waals surface area contributed by atoms with Crippen LogP contribution in [0.5, 0.6) is 11.5 Å². The molecule has 144 valence electrons. The normalized spacial score (nSPS) is 11.0. The van der Waals surface area contributed by atoms with E-state index in [4.69, 9.17) is 9.47 Å². The highest BCUT2D eigenvalue weighted by Crippen LogP contribution is 2.25. The predicted molar refractivity (Wildman–Crippen MR) is 110 cm³/mol. The molecule has 0 amide bonds. The Hall–Kier alpha value is -3.34. The van der Waals surface area contributed by atoms with Crippen molar-refractivity contribution >= 4 is 11.9 Å². The van der Waals surface area contributed by atoms with Gasteiger partial charge < -0.3 is 9.47 Å². The molecule has 5 heteroatoms. The van der Waals surface area contributed by atoms with Crippen LogP contribution in [0.1, 0.15) is 32.9 Å². The molecule has 1 heterocycles. The number of ether oxygens (including phenoxy) is 2. The quantitative estimate of drug-likeness (QED) is 0.451. The highest BCUT2D eigenvalue weighted by Gasteiger charge is 2.13. The van der Waals surface area contributed by atoms with Gasteiger partial charge in [-0.15, -0.1) is 0 Å². The third kappa shape index (κ3) is 4.14. The number of carbonyl (C=O) groups is 1. The lowest BCUT2D eigenvalue weighted by molar-refractivity contribution is 0.104. The fraction of sp³-hybridized carbons (Fsp3) is 0.217. The number of benzene rings is 2. The Balaban J connectivity index is 1.86. The van der Waals surface area contributed by atoms with Crippen LogP contribution in [0.15, 0.2) is 54.6 Å². The van der Waals surface area contributed by atoms with E-state index in [9.17, 15) is 4.79 Å². The van der Waals surface area contributed by atoms with Crippen LogP contribution in [-0.4, -0.2) is 29.8 Å². The summed E-state index contributed by atoms with van der Waals surface area (Å²) in [5.74, 6) is 0.981. The summed E-state index contributed by atoms with van der Waals surface area (Å²) in [6.07, 6.45) is 3.38. The Morgan fingerprint density at radius 1 is 1.07 bits per heavy atom. The average Bonchev–Trinajstić information content (AvgIpc) is 2.99. The number of carbonyl (C=O) groups excluding carboxylic acids is 1. The Morgan fingerprint density at radius 3 is 2.50 bits per heavy atom. The Morgan fingerprint density at radius 2 is 1.82 bits per heavy atom. The fourth-order valence-electron chi connectivity index (χ4n) is 3.12. The van der Waals surface area contributed by atoms with Gasteiger partial charge in [0.15, 0.2) is 5.78 Å². The van der Waals surface area contributed by atoms with Gasteiger partial charge in [0.2, 0.25) is 0 Å². The predicted octanol–water partition coefficient (Wildman–Crippen LogP) is 4.46. The van der Waals surface area contributed by atoms with Crippen molar-refractivity contribution in [1.82, 2.24) is 9.78 Å². The van der Waals surface area contributed by atoms with Gasteiger partial charge in [-0.05, 0) is 49.8 Å². The third-order valence-corrected chi connectivity index (χ3v) is 4.69. The SMILES string of the molecule is COc1ccc(OC)c(C(=O)/C=C/c2c(C)nn(Cc3ccccc3)c2C)c1. The second kappa shape index (κ2) is 8.57. The van der Waals surface area contributed by atoms with Crippen LogP contribution in [0.25, 0.3) is 6.08 Å². The fourth-order valence-corrected chi connectivity index (χ4v) is 3.12. The molecule has 0 N–H and O–H groups in total. The maximum absolute atomic E-state index is 12.7. The Labute approximate surface area is 165 Å². The van der Waals surface area contributed by atoms with E-state index in [0.29, 0.717) is 23.6 Å². The van der Waals surface area contributed by atoms with Gasteiger partial charge in [-0.3, -0.25) is 9.48 Å². The van der Waals surface area contributed by atoms with Gasteiger partial charge in [-0.25, -0.2) is 0 Å². The van der Waals surface area contributed by atoms with E-state index in [1.165, 1.54) is 5.56 Å². The summed E-state index contributed by atoms with van der Waals surface area (Å²) in [5.41, 5.74) is 4.50. The van der Waals surface area contributed by atoms with Crippen molar-refractivity contribution in [1.29, 1.82) is 0 Å². The molecule has 0 aliphatic carbocycles. The van der Waals surface area contributed by atoms with Crippen LogP contribution in [0.2, 0.25) is 0 Å². The molecule has 0 aliphatic rings. The number of nitrogens with zero attached hydrogens (tertiary/aromatic N) is 2. The second-order valence-corrected chi connectivity index (χ2v) is 6.49. The topological polar surface area (TPSA) is 53.4 Å². The van der Waals surface area contributed by atoms with Gasteiger partial charge in [-0.1, -0.05) is 30.3 Å². The van der Waals surface area contributed by atoms with Crippen molar-refractivity contribution in [3.05, 3.63) is 82.7 Å². The number of ketones is 1. The summed E-state index contributed by atoms with van der Waals surface area (Å²) in [7, 11) is 3.12. The molecule has 0 atom stereocenters. The van der Waals surface area contributed by atoms with Crippen molar-refractivity contribution in [2.45, 2.75) is 20.4 Å². The number of aromatic nitrogens is 2. The highest BCUT2D eigenvalue weighted by molar-refractivity contribution is 6.09. The molecule has 5 nitrogen and oxygen atoms in total. The molecule has 0 unspecified atom stereocenters. The van der Waals surface area contributed by atoms with Crippen molar-refractivity contribution in [2.75, 3.05) is 14.2 Å². The summed E-state index contributed by atoms with van der Waals surface area (Å²) in [6.45, 7) is 4.66. The zero-order valence-electron chi connectivity index (χ0n) is 16.6. The highest BCUT2D eigenvalue weighted by atomic mass is 16.5. The minimum Gasteiger partial charge on any atom is -0.497 e. The van der Waals surface area contributed by atoms with Gasteiger partial charge in [0.05, 0.1) is 32.0 Å². The lowest BCUT2D eigenvalue weighted by Gasteiger charge is -2.08. The maximum atomic E-state index is 12.7. The van der Waals surface area contributed by atoms with Crippen molar-refractivity contribution in [3.8, 4) is 11.5 Å². The summed E-state index contributed by atoms with van der Waals surface area (Å²) < 4.78 is 12.5. The molecule has 0 radical (unpaired) electrons. The van der Waals surface area contributed by atoms with Crippen LogP contribution < -0.4 is 9.47 Å². The zero-order valence-corrected chi connectivity index (χ0v) is 16.6. The number of rotatable bonds is 7. The summed E-state index contributed by atoms with van der Waals surface area (Å²) >= 11 is 0. The van der Waals surface area contributed by atoms with Crippen LogP contribution in [0.3, 0.4) is 0 Å². The summed E-state index contributed by atoms with van der Waals surface area (Å²) in [6, 6.07) is 15.4. The molecule has 0 spiro atoms. The molecule has 0 fully saturated rings. The second-order valence-electron chi connectivity index (χ2n) is 6.49. The van der Waals surface area contributed by atoms with Crippen molar-refractivity contribution < 1.29 is 14.3 Å². The first kappa shape index (κ1) is 19.4. The molecule has 3 rings (SSSR count). The van der Waals surface area contributed by atoms with Crippen LogP contribution in [-0.2, 0) is 6.54 Å². The summed E-state index contributed by atoms with van der Waals surface area (Å²) in [4.78, 5) is 12.7. The minimum absolute atomic E-state index is 0.148. The van der Waals surface area contributed by atoms with Crippen LogP contribution in [0, 0.1) is 13.8 Å². The molecular formula is C23H24N2O3. The lowest BCUT2D eigenvalue weighted by atomic mass is 10.1. The monoisotopic (exact) mass is 376 g/mol. The molecule has 28 heavy (non-hydrogen) atoms. The van der Waals surface area contributed by atoms with Gasteiger partial charge in [-0.2, -0.15) is 5.10 Å². The van der Waals surface area contributed by atoms with Crippen LogP contribution >= 0.6 is 0 Å². The van der Waals surface area contributed by atoms with Gasteiger partial charge in [0, 0.05) is 11.3 Å². The Bertz CT molecular complexity index is 1000. The number of aryl methyl sites for hydroxylation is 1. The molecular weight excluding hydrogens is 352 g/mol. The zero-order chi connectivity index (χ0) is 20.1. The number of allylic oxidation sites excluding steroid dienone is 1. The van der Waals surface area contributed by atoms with E-state index < -0.39 is 0 Å². The third-order valence-electron chi connectivity index (χ3n) is 4.69. The largest absolute Gasteiger partial charge is 0.497 e. The molecule has 0 saturated heterocycles. The van der Waals surface area contributed by atoms with Gasteiger partial charge >= 0.3 is 0 Å². The number of hydrogen-bond donors (Lipinski definition) is 0. The molecule has 1 aromatic heterocycles. The van der Waals surface area contributed by atoms with E-state index in [0.717, 1.165) is 17.0 Å². The van der Waals surface area contributed by atoms with E-state index in [2.05, 4.69) is 17.2 Å². The van der Waals surface area contributed by atoms with E-state index in [1.54, 1.807) is 38.5 Å². The van der Waals surface area contributed by atoms with E-state index >= 15 is 0 Å². The molecule has 3 aromatic rings. The lowest BCUT2D eigenvalue weighted by Crippen LogP contribution is -2.03. The molecule has 0 bridgehead atoms. The molecule has 0 saturated carbocycles. The first-order valence-corrected chi connectivity index (χ1v) is 9.06. The number of methoxy groups -OCH3 is 2. The van der Waals surface area contributed by atoms with Crippen LogP contribution in [0.4, 0.5) is 0 Å². The molecule has 0 aliphatic heterocycles. The average molecular weight is 376 g/mol. The van der Waals surface area contributed by atoms with E-state index in [-0.39, 0.29) is 5.78 Å². The summed E-state index contributed by atoms with van der Waals surface area (Å²) in [5, 5.41) is 4.63. The van der Waals surface area contributed by atoms with Gasteiger partial charge in [0.25, 0.3) is 0 Å². The minimum atomic E-state index is -0.148. The first-order chi connectivity index (χ1) is 13.5.